The van der Waals surface area contributed by atoms with Crippen molar-refractivity contribution in [2.24, 2.45) is 0 Å². The molecule has 0 radical (unpaired) electrons. The zero-order valence-corrected chi connectivity index (χ0v) is 10.2. The van der Waals surface area contributed by atoms with Crippen molar-refractivity contribution in [1.82, 2.24) is 5.32 Å². The van der Waals surface area contributed by atoms with E-state index in [4.69, 9.17) is 5.26 Å². The number of aryl methyl sites for hydroxylation is 2. The van der Waals surface area contributed by atoms with E-state index in [0.717, 1.165) is 25.9 Å². The quantitative estimate of drug-likeness (QED) is 0.742. The van der Waals surface area contributed by atoms with Gasteiger partial charge < -0.3 is 5.32 Å². The fourth-order valence-electron chi connectivity index (χ4n) is 1.61. The van der Waals surface area contributed by atoms with Gasteiger partial charge >= 0.3 is 0 Å². The molecule has 2 nitrogen and oxygen atoms in total. The van der Waals surface area contributed by atoms with Crippen molar-refractivity contribution in [3.8, 4) is 6.07 Å². The molecule has 0 amide bonds. The number of nitrogens with zero attached hydrogens (tertiary/aromatic N) is 1. The van der Waals surface area contributed by atoms with E-state index in [0.29, 0.717) is 6.42 Å². The van der Waals surface area contributed by atoms with Crippen LogP contribution >= 0.6 is 0 Å². The second kappa shape index (κ2) is 7.03. The Morgan fingerprint density at radius 2 is 2.00 bits per heavy atom. The van der Waals surface area contributed by atoms with Crippen LogP contribution in [0.5, 0.6) is 0 Å². The maximum Gasteiger partial charge on any atom is 0.0622 e. The fourth-order valence-corrected chi connectivity index (χ4v) is 1.61. The summed E-state index contributed by atoms with van der Waals surface area (Å²) < 4.78 is 0. The van der Waals surface area contributed by atoms with E-state index < -0.39 is 0 Å². The van der Waals surface area contributed by atoms with Crippen LogP contribution in [0.25, 0.3) is 0 Å². The lowest BCUT2D eigenvalue weighted by atomic mass is 10.0. The van der Waals surface area contributed by atoms with E-state index in [1.54, 1.807) is 0 Å². The Bertz CT molecular complexity index is 363. The molecule has 86 valence electrons. The van der Waals surface area contributed by atoms with Gasteiger partial charge in [-0.1, -0.05) is 18.2 Å². The number of rotatable bonds is 6. The first kappa shape index (κ1) is 12.7. The molecule has 0 atom stereocenters. The molecule has 0 saturated carbocycles. The molecule has 0 aliphatic rings. The summed E-state index contributed by atoms with van der Waals surface area (Å²) in [6.45, 7) is 6.23. The summed E-state index contributed by atoms with van der Waals surface area (Å²) in [5, 5.41) is 11.7. The summed E-state index contributed by atoms with van der Waals surface area (Å²) in [4.78, 5) is 0. The van der Waals surface area contributed by atoms with Gasteiger partial charge in [0, 0.05) is 6.42 Å². The van der Waals surface area contributed by atoms with Gasteiger partial charge in [0.25, 0.3) is 0 Å². The van der Waals surface area contributed by atoms with Crippen molar-refractivity contribution in [2.45, 2.75) is 33.1 Å². The molecule has 0 aliphatic carbocycles. The van der Waals surface area contributed by atoms with Crippen molar-refractivity contribution >= 4 is 0 Å². The molecule has 0 bridgehead atoms. The monoisotopic (exact) mass is 216 g/mol. The van der Waals surface area contributed by atoms with Crippen LogP contribution < -0.4 is 5.32 Å². The van der Waals surface area contributed by atoms with Crippen molar-refractivity contribution in [3.05, 3.63) is 34.9 Å². The van der Waals surface area contributed by atoms with Gasteiger partial charge in [-0.15, -0.1) is 0 Å². The van der Waals surface area contributed by atoms with Crippen molar-refractivity contribution in [3.63, 3.8) is 0 Å². The van der Waals surface area contributed by atoms with E-state index in [1.165, 1.54) is 16.7 Å². The standard InChI is InChI=1S/C14H20N2/c1-12-5-6-14(11-13(12)2)7-10-16-9-4-3-8-15/h5-6,11,16H,3-4,7,9-10H2,1-2H3. The first-order valence-corrected chi connectivity index (χ1v) is 5.88. The minimum Gasteiger partial charge on any atom is -0.316 e. The Kier molecular flexibility index (Phi) is 5.60. The second-order valence-corrected chi connectivity index (χ2v) is 4.18. The Labute approximate surface area is 98.3 Å². The van der Waals surface area contributed by atoms with Crippen molar-refractivity contribution in [1.29, 1.82) is 5.26 Å². The molecule has 1 aromatic rings. The van der Waals surface area contributed by atoms with Crippen molar-refractivity contribution in [2.75, 3.05) is 13.1 Å². The number of benzene rings is 1. The van der Waals surface area contributed by atoms with Gasteiger partial charge in [-0.05, 0) is 56.5 Å². The average Bonchev–Trinajstić information content (AvgIpc) is 2.28. The minimum absolute atomic E-state index is 0.649. The van der Waals surface area contributed by atoms with Gasteiger partial charge in [-0.2, -0.15) is 5.26 Å². The first-order chi connectivity index (χ1) is 7.74. The van der Waals surface area contributed by atoms with Gasteiger partial charge in [0.05, 0.1) is 6.07 Å². The summed E-state index contributed by atoms with van der Waals surface area (Å²) in [6, 6.07) is 8.78. The molecule has 16 heavy (non-hydrogen) atoms. The largest absolute Gasteiger partial charge is 0.316 e. The molecule has 1 aromatic carbocycles. The van der Waals surface area contributed by atoms with Crippen LogP contribution in [0.1, 0.15) is 29.5 Å². The molecule has 1 rings (SSSR count). The highest BCUT2D eigenvalue weighted by atomic mass is 14.8. The maximum atomic E-state index is 8.38. The van der Waals surface area contributed by atoms with Crippen molar-refractivity contribution < 1.29 is 0 Å². The second-order valence-electron chi connectivity index (χ2n) is 4.18. The third-order valence-electron chi connectivity index (χ3n) is 2.80. The lowest BCUT2D eigenvalue weighted by molar-refractivity contribution is 0.655. The number of nitriles is 1. The van der Waals surface area contributed by atoms with Crippen LogP contribution in [0.4, 0.5) is 0 Å². The third-order valence-corrected chi connectivity index (χ3v) is 2.80. The van der Waals surface area contributed by atoms with Gasteiger partial charge in [0.1, 0.15) is 0 Å². The van der Waals surface area contributed by atoms with Crippen LogP contribution in [0, 0.1) is 25.2 Å². The molecule has 1 N–H and O–H groups in total. The molecule has 0 aliphatic heterocycles. The molecule has 2 heteroatoms. The van der Waals surface area contributed by atoms with E-state index >= 15 is 0 Å². The molecule has 0 fully saturated rings. The predicted octanol–water partition coefficient (Wildman–Crippen LogP) is 2.74. The number of unbranched alkanes of at least 4 members (excludes halogenated alkanes) is 1. The fraction of sp³-hybridized carbons (Fsp3) is 0.500. The van der Waals surface area contributed by atoms with E-state index in [9.17, 15) is 0 Å². The van der Waals surface area contributed by atoms with E-state index in [1.807, 2.05) is 0 Å². The van der Waals surface area contributed by atoms with Gasteiger partial charge in [-0.25, -0.2) is 0 Å². The highest BCUT2D eigenvalue weighted by Crippen LogP contribution is 2.09. The summed E-state index contributed by atoms with van der Waals surface area (Å²) in [6.07, 6.45) is 2.66. The molecular weight excluding hydrogens is 196 g/mol. The highest BCUT2D eigenvalue weighted by Gasteiger charge is 1.96. The first-order valence-electron chi connectivity index (χ1n) is 5.88. The Morgan fingerprint density at radius 3 is 2.69 bits per heavy atom. The summed E-state index contributed by atoms with van der Waals surface area (Å²) in [5.41, 5.74) is 4.10. The predicted molar refractivity (Wildman–Crippen MR) is 67.3 cm³/mol. The summed E-state index contributed by atoms with van der Waals surface area (Å²) in [7, 11) is 0. The van der Waals surface area contributed by atoms with Gasteiger partial charge in [0.2, 0.25) is 0 Å². The zero-order valence-electron chi connectivity index (χ0n) is 10.2. The minimum atomic E-state index is 0.649. The molecular formula is C14H20N2. The van der Waals surface area contributed by atoms with Gasteiger partial charge in [0.15, 0.2) is 0 Å². The summed E-state index contributed by atoms with van der Waals surface area (Å²) in [5.74, 6) is 0. The molecule has 0 saturated heterocycles. The third kappa shape index (κ3) is 4.46. The lowest BCUT2D eigenvalue weighted by Crippen LogP contribution is -2.18. The molecule has 0 spiro atoms. The Balaban J connectivity index is 2.22. The smallest absolute Gasteiger partial charge is 0.0622 e. The molecule has 0 aromatic heterocycles. The molecule has 0 heterocycles. The van der Waals surface area contributed by atoms with E-state index in [-0.39, 0.29) is 0 Å². The maximum absolute atomic E-state index is 8.38. The van der Waals surface area contributed by atoms with Crippen LogP contribution in [0.2, 0.25) is 0 Å². The number of hydrogen-bond donors (Lipinski definition) is 1. The average molecular weight is 216 g/mol. The Hall–Kier alpha value is -1.33. The topological polar surface area (TPSA) is 35.8 Å². The molecule has 0 unspecified atom stereocenters. The SMILES string of the molecule is Cc1ccc(CCNCCCC#N)cc1C. The van der Waals surface area contributed by atoms with Gasteiger partial charge in [-0.3, -0.25) is 0 Å². The Morgan fingerprint density at radius 1 is 1.19 bits per heavy atom. The van der Waals surface area contributed by atoms with Crippen LogP contribution in [-0.4, -0.2) is 13.1 Å². The summed E-state index contributed by atoms with van der Waals surface area (Å²) >= 11 is 0. The number of nitrogens with one attached hydrogen (secondary N) is 1. The highest BCUT2D eigenvalue weighted by molar-refractivity contribution is 5.29. The van der Waals surface area contributed by atoms with Crippen LogP contribution in [0.3, 0.4) is 0 Å². The van der Waals surface area contributed by atoms with Crippen LogP contribution in [-0.2, 0) is 6.42 Å². The zero-order chi connectivity index (χ0) is 11.8. The van der Waals surface area contributed by atoms with E-state index in [2.05, 4.69) is 43.4 Å². The number of hydrogen-bond acceptors (Lipinski definition) is 2. The normalized spacial score (nSPS) is 10.1. The lowest BCUT2D eigenvalue weighted by Gasteiger charge is -2.06. The van der Waals surface area contributed by atoms with Crippen LogP contribution in [0.15, 0.2) is 18.2 Å².